The maximum Gasteiger partial charge on any atom is 0.240 e. The number of anilines is 1. The van der Waals surface area contributed by atoms with E-state index < -0.39 is 0 Å². The summed E-state index contributed by atoms with van der Waals surface area (Å²) in [4.78, 5) is 28.4. The van der Waals surface area contributed by atoms with Crippen molar-refractivity contribution < 1.29 is 9.59 Å². The smallest absolute Gasteiger partial charge is 0.240 e. The zero-order valence-electron chi connectivity index (χ0n) is 13.0. The van der Waals surface area contributed by atoms with Crippen LogP contribution in [0, 0.1) is 5.92 Å². The van der Waals surface area contributed by atoms with Crippen molar-refractivity contribution in [1.29, 1.82) is 0 Å². The lowest BCUT2D eigenvalue weighted by atomic mass is 10.1. The molecule has 5 heteroatoms. The van der Waals surface area contributed by atoms with Crippen LogP contribution in [0.5, 0.6) is 0 Å². The summed E-state index contributed by atoms with van der Waals surface area (Å²) in [6.07, 6.45) is 2.68. The maximum atomic E-state index is 12.5. The Morgan fingerprint density at radius 3 is 2.73 bits per heavy atom. The molecule has 1 atom stereocenters. The monoisotopic (exact) mass is 301 g/mol. The number of carbonyl (C=O) groups excluding carboxylic acids is 2. The fraction of sp³-hybridized carbons (Fsp3) is 0.529. The molecule has 1 saturated carbocycles. The maximum absolute atomic E-state index is 12.5. The molecule has 22 heavy (non-hydrogen) atoms. The summed E-state index contributed by atoms with van der Waals surface area (Å²) in [7, 11) is 1.76. The van der Waals surface area contributed by atoms with Gasteiger partial charge < -0.3 is 15.1 Å². The summed E-state index contributed by atoms with van der Waals surface area (Å²) in [5, 5.41) is 3.19. The van der Waals surface area contributed by atoms with E-state index in [2.05, 4.69) is 5.32 Å². The highest BCUT2D eigenvalue weighted by molar-refractivity contribution is 5.97. The molecule has 118 valence electrons. The van der Waals surface area contributed by atoms with Crippen LogP contribution in [0.15, 0.2) is 30.3 Å². The van der Waals surface area contributed by atoms with Gasteiger partial charge in [-0.05, 0) is 30.9 Å². The van der Waals surface area contributed by atoms with Gasteiger partial charge in [0.1, 0.15) is 0 Å². The average molecular weight is 301 g/mol. The van der Waals surface area contributed by atoms with E-state index in [4.69, 9.17) is 0 Å². The van der Waals surface area contributed by atoms with E-state index in [0.29, 0.717) is 5.92 Å². The van der Waals surface area contributed by atoms with Gasteiger partial charge in [-0.1, -0.05) is 18.2 Å². The third-order valence-corrected chi connectivity index (χ3v) is 4.45. The minimum Gasteiger partial charge on any atom is -0.340 e. The van der Waals surface area contributed by atoms with Crippen molar-refractivity contribution in [2.75, 3.05) is 31.6 Å². The number of hydrogen-bond donors (Lipinski definition) is 1. The van der Waals surface area contributed by atoms with Gasteiger partial charge in [0.25, 0.3) is 0 Å². The molecule has 2 amide bonds. The zero-order valence-corrected chi connectivity index (χ0v) is 13.0. The number of nitrogens with one attached hydrogen (secondary N) is 1. The first-order valence-corrected chi connectivity index (χ1v) is 7.99. The SMILES string of the molecule is CN(C(=O)CC1NCCN(CC2CC2)C1=O)c1ccccc1. The molecule has 0 aromatic heterocycles. The van der Waals surface area contributed by atoms with E-state index in [1.807, 2.05) is 35.2 Å². The first kappa shape index (κ1) is 15.0. The van der Waals surface area contributed by atoms with Crippen molar-refractivity contribution in [3.8, 4) is 0 Å². The molecule has 1 aromatic rings. The Hall–Kier alpha value is -1.88. The van der Waals surface area contributed by atoms with Crippen LogP contribution in [-0.2, 0) is 9.59 Å². The summed E-state index contributed by atoms with van der Waals surface area (Å²) in [5.74, 6) is 0.726. The zero-order chi connectivity index (χ0) is 15.5. The molecule has 1 saturated heterocycles. The predicted octanol–water partition coefficient (Wildman–Crippen LogP) is 1.25. The van der Waals surface area contributed by atoms with Crippen LogP contribution in [-0.4, -0.2) is 49.4 Å². The number of hydrogen-bond acceptors (Lipinski definition) is 3. The molecule has 0 spiro atoms. The third-order valence-electron chi connectivity index (χ3n) is 4.45. The van der Waals surface area contributed by atoms with Crippen LogP contribution in [0.4, 0.5) is 5.69 Å². The van der Waals surface area contributed by atoms with E-state index in [-0.39, 0.29) is 24.3 Å². The molecule has 3 rings (SSSR count). The number of amides is 2. The van der Waals surface area contributed by atoms with Gasteiger partial charge in [0.2, 0.25) is 11.8 Å². The van der Waals surface area contributed by atoms with Crippen molar-refractivity contribution in [3.05, 3.63) is 30.3 Å². The van der Waals surface area contributed by atoms with Gasteiger partial charge in [-0.25, -0.2) is 0 Å². The minimum atomic E-state index is -0.383. The van der Waals surface area contributed by atoms with Gasteiger partial charge in [0, 0.05) is 32.4 Å². The van der Waals surface area contributed by atoms with Gasteiger partial charge in [-0.3, -0.25) is 9.59 Å². The van der Waals surface area contributed by atoms with Crippen molar-refractivity contribution in [1.82, 2.24) is 10.2 Å². The molecule has 1 aliphatic carbocycles. The van der Waals surface area contributed by atoms with E-state index in [9.17, 15) is 9.59 Å². The molecule has 1 unspecified atom stereocenters. The molecule has 2 aliphatic rings. The van der Waals surface area contributed by atoms with Crippen molar-refractivity contribution in [2.24, 2.45) is 5.92 Å². The van der Waals surface area contributed by atoms with E-state index >= 15 is 0 Å². The second-order valence-corrected chi connectivity index (χ2v) is 6.23. The Morgan fingerprint density at radius 1 is 1.32 bits per heavy atom. The molecule has 5 nitrogen and oxygen atoms in total. The summed E-state index contributed by atoms with van der Waals surface area (Å²) < 4.78 is 0. The second-order valence-electron chi connectivity index (χ2n) is 6.23. The number of carbonyl (C=O) groups is 2. The van der Waals surface area contributed by atoms with E-state index in [1.165, 1.54) is 12.8 Å². The Labute approximate surface area is 131 Å². The molecule has 2 fully saturated rings. The molecule has 1 heterocycles. The Bertz CT molecular complexity index is 542. The highest BCUT2D eigenvalue weighted by Gasteiger charge is 2.34. The van der Waals surface area contributed by atoms with Crippen molar-refractivity contribution in [2.45, 2.75) is 25.3 Å². The van der Waals surface area contributed by atoms with Crippen LogP contribution in [0.2, 0.25) is 0 Å². The Kier molecular flexibility index (Phi) is 4.43. The largest absolute Gasteiger partial charge is 0.340 e. The third kappa shape index (κ3) is 3.47. The van der Waals surface area contributed by atoms with Crippen molar-refractivity contribution in [3.63, 3.8) is 0 Å². The quantitative estimate of drug-likeness (QED) is 0.890. The molecule has 1 aromatic carbocycles. The Morgan fingerprint density at radius 2 is 2.05 bits per heavy atom. The van der Waals surface area contributed by atoms with E-state index in [0.717, 1.165) is 25.3 Å². The minimum absolute atomic E-state index is 0.0367. The molecule has 1 N–H and O–H groups in total. The van der Waals surface area contributed by atoms with Crippen LogP contribution in [0.3, 0.4) is 0 Å². The number of piperazine rings is 1. The molecular weight excluding hydrogens is 278 g/mol. The average Bonchev–Trinajstić information content (AvgIpc) is 3.35. The first-order chi connectivity index (χ1) is 10.6. The number of nitrogens with zero attached hydrogens (tertiary/aromatic N) is 2. The van der Waals surface area contributed by atoms with Crippen LogP contribution in [0.25, 0.3) is 0 Å². The van der Waals surface area contributed by atoms with Crippen molar-refractivity contribution >= 4 is 17.5 Å². The highest BCUT2D eigenvalue weighted by atomic mass is 16.2. The van der Waals surface area contributed by atoms with Gasteiger partial charge in [-0.2, -0.15) is 0 Å². The molecular formula is C17H23N3O2. The topological polar surface area (TPSA) is 52.7 Å². The molecule has 1 aliphatic heterocycles. The summed E-state index contributed by atoms with van der Waals surface area (Å²) in [6.45, 7) is 2.39. The number of rotatable bonds is 5. The fourth-order valence-electron chi connectivity index (χ4n) is 2.85. The lowest BCUT2D eigenvalue weighted by Gasteiger charge is -2.33. The lowest BCUT2D eigenvalue weighted by molar-refractivity contribution is -0.138. The number of benzene rings is 1. The lowest BCUT2D eigenvalue weighted by Crippen LogP contribution is -2.56. The Balaban J connectivity index is 1.59. The fourth-order valence-corrected chi connectivity index (χ4v) is 2.85. The standard InChI is InChI=1S/C17H23N3O2/c1-19(14-5-3-2-4-6-14)16(21)11-15-17(22)20(10-9-18-15)12-13-7-8-13/h2-6,13,15,18H,7-12H2,1H3. The second kappa shape index (κ2) is 6.48. The van der Waals surface area contributed by atoms with Gasteiger partial charge in [0.05, 0.1) is 12.5 Å². The van der Waals surface area contributed by atoms with Gasteiger partial charge in [-0.15, -0.1) is 0 Å². The normalized spacial score (nSPS) is 21.8. The molecule has 0 bridgehead atoms. The van der Waals surface area contributed by atoms with Crippen LogP contribution < -0.4 is 10.2 Å². The van der Waals surface area contributed by atoms with E-state index in [1.54, 1.807) is 11.9 Å². The number of para-hydroxylation sites is 1. The van der Waals surface area contributed by atoms with Gasteiger partial charge >= 0.3 is 0 Å². The van der Waals surface area contributed by atoms with Crippen LogP contribution in [0.1, 0.15) is 19.3 Å². The molecule has 0 radical (unpaired) electrons. The van der Waals surface area contributed by atoms with Gasteiger partial charge in [0.15, 0.2) is 0 Å². The summed E-state index contributed by atoms with van der Waals surface area (Å²) in [5.41, 5.74) is 0.852. The highest BCUT2D eigenvalue weighted by Crippen LogP contribution is 2.30. The first-order valence-electron chi connectivity index (χ1n) is 7.99. The van der Waals surface area contributed by atoms with Crippen LogP contribution >= 0.6 is 0 Å². The predicted molar refractivity (Wildman–Crippen MR) is 85.6 cm³/mol. The summed E-state index contributed by atoms with van der Waals surface area (Å²) in [6, 6.07) is 9.14. The summed E-state index contributed by atoms with van der Waals surface area (Å²) >= 11 is 0.